The van der Waals surface area contributed by atoms with Crippen molar-refractivity contribution in [2.45, 2.75) is 19.8 Å². The van der Waals surface area contributed by atoms with Gasteiger partial charge in [-0.2, -0.15) is 0 Å². The standard InChI is InChI=1S/C20H17BrN4S/c1-12(2)13-3-5-14(6-4-13)16-10-26-20-18(16)19(23-11-24-20)25-17-8-7-15(21)9-22-17/h3-12H,1-2H3,(H,22,23,24,25). The van der Waals surface area contributed by atoms with Crippen LogP contribution in [0.2, 0.25) is 0 Å². The van der Waals surface area contributed by atoms with E-state index < -0.39 is 0 Å². The summed E-state index contributed by atoms with van der Waals surface area (Å²) in [6, 6.07) is 12.6. The van der Waals surface area contributed by atoms with Gasteiger partial charge < -0.3 is 5.32 Å². The van der Waals surface area contributed by atoms with Gasteiger partial charge in [-0.1, -0.05) is 38.1 Å². The third-order valence-electron chi connectivity index (χ3n) is 4.23. The maximum absolute atomic E-state index is 4.46. The monoisotopic (exact) mass is 424 g/mol. The molecule has 1 N–H and O–H groups in total. The van der Waals surface area contributed by atoms with Crippen molar-refractivity contribution in [1.82, 2.24) is 15.0 Å². The molecule has 3 heterocycles. The van der Waals surface area contributed by atoms with Gasteiger partial charge in [-0.05, 0) is 45.1 Å². The molecule has 0 aliphatic rings. The highest BCUT2D eigenvalue weighted by atomic mass is 79.9. The Bertz CT molecular complexity index is 1040. The van der Waals surface area contributed by atoms with Crippen LogP contribution >= 0.6 is 27.3 Å². The summed E-state index contributed by atoms with van der Waals surface area (Å²) < 4.78 is 0.942. The molecular weight excluding hydrogens is 408 g/mol. The molecule has 4 aromatic rings. The minimum atomic E-state index is 0.521. The average Bonchev–Trinajstić information content (AvgIpc) is 3.09. The Morgan fingerprint density at radius 2 is 1.81 bits per heavy atom. The first-order chi connectivity index (χ1) is 12.6. The first-order valence-corrected chi connectivity index (χ1v) is 10.00. The fourth-order valence-electron chi connectivity index (χ4n) is 2.80. The number of anilines is 2. The van der Waals surface area contributed by atoms with E-state index in [0.717, 1.165) is 31.9 Å². The minimum absolute atomic E-state index is 0.521. The van der Waals surface area contributed by atoms with E-state index in [1.807, 2.05) is 12.1 Å². The Hall–Kier alpha value is -2.31. The van der Waals surface area contributed by atoms with E-state index >= 15 is 0 Å². The molecule has 6 heteroatoms. The predicted molar refractivity (Wildman–Crippen MR) is 112 cm³/mol. The number of aromatic nitrogens is 3. The van der Waals surface area contributed by atoms with Crippen LogP contribution in [-0.4, -0.2) is 15.0 Å². The maximum atomic E-state index is 4.46. The number of benzene rings is 1. The third kappa shape index (κ3) is 3.34. The number of thiophene rings is 1. The Kier molecular flexibility index (Phi) is 4.70. The normalized spacial score (nSPS) is 11.2. The maximum Gasteiger partial charge on any atom is 0.144 e. The quantitative estimate of drug-likeness (QED) is 0.412. The zero-order chi connectivity index (χ0) is 18.1. The highest BCUT2D eigenvalue weighted by Gasteiger charge is 2.14. The van der Waals surface area contributed by atoms with Crippen LogP contribution in [0.1, 0.15) is 25.3 Å². The van der Waals surface area contributed by atoms with E-state index in [0.29, 0.717) is 5.92 Å². The van der Waals surface area contributed by atoms with Crippen molar-refractivity contribution in [1.29, 1.82) is 0 Å². The van der Waals surface area contributed by atoms with E-state index in [-0.39, 0.29) is 0 Å². The highest BCUT2D eigenvalue weighted by Crippen LogP contribution is 2.37. The van der Waals surface area contributed by atoms with Crippen molar-refractivity contribution in [2.24, 2.45) is 0 Å². The van der Waals surface area contributed by atoms with Gasteiger partial charge in [0.05, 0.1) is 5.39 Å². The molecule has 3 aromatic heterocycles. The van der Waals surface area contributed by atoms with Gasteiger partial charge in [-0.3, -0.25) is 0 Å². The van der Waals surface area contributed by atoms with Crippen LogP contribution in [0.15, 0.2) is 58.8 Å². The molecule has 26 heavy (non-hydrogen) atoms. The molecule has 130 valence electrons. The number of hydrogen-bond donors (Lipinski definition) is 1. The summed E-state index contributed by atoms with van der Waals surface area (Å²) in [6.45, 7) is 4.41. The van der Waals surface area contributed by atoms with E-state index in [4.69, 9.17) is 0 Å². The molecule has 1 aromatic carbocycles. The smallest absolute Gasteiger partial charge is 0.144 e. The number of hydrogen-bond acceptors (Lipinski definition) is 5. The molecule has 0 spiro atoms. The largest absolute Gasteiger partial charge is 0.324 e. The second-order valence-corrected chi connectivity index (χ2v) is 8.09. The van der Waals surface area contributed by atoms with E-state index in [1.165, 1.54) is 11.1 Å². The van der Waals surface area contributed by atoms with Crippen molar-refractivity contribution in [3.8, 4) is 11.1 Å². The van der Waals surface area contributed by atoms with Crippen LogP contribution in [0.25, 0.3) is 21.3 Å². The molecule has 0 saturated heterocycles. The molecule has 0 fully saturated rings. The molecule has 4 nitrogen and oxygen atoms in total. The summed E-state index contributed by atoms with van der Waals surface area (Å²) in [6.07, 6.45) is 3.35. The van der Waals surface area contributed by atoms with E-state index in [9.17, 15) is 0 Å². The lowest BCUT2D eigenvalue weighted by molar-refractivity contribution is 0.867. The summed E-state index contributed by atoms with van der Waals surface area (Å²) in [5.74, 6) is 2.04. The van der Waals surface area contributed by atoms with Gasteiger partial charge in [0.15, 0.2) is 0 Å². The number of rotatable bonds is 4. The van der Waals surface area contributed by atoms with E-state index in [1.54, 1.807) is 23.9 Å². The van der Waals surface area contributed by atoms with Gasteiger partial charge in [0.1, 0.15) is 22.8 Å². The van der Waals surface area contributed by atoms with Crippen molar-refractivity contribution in [3.63, 3.8) is 0 Å². The minimum Gasteiger partial charge on any atom is -0.324 e. The van der Waals surface area contributed by atoms with Crippen molar-refractivity contribution in [2.75, 3.05) is 5.32 Å². The van der Waals surface area contributed by atoms with Crippen LogP contribution in [0, 0.1) is 0 Å². The van der Waals surface area contributed by atoms with Crippen LogP contribution in [0.4, 0.5) is 11.6 Å². The third-order valence-corrected chi connectivity index (χ3v) is 5.59. The fourth-order valence-corrected chi connectivity index (χ4v) is 3.95. The molecule has 0 radical (unpaired) electrons. The van der Waals surface area contributed by atoms with Crippen LogP contribution in [0.5, 0.6) is 0 Å². The summed E-state index contributed by atoms with van der Waals surface area (Å²) in [5.41, 5.74) is 3.64. The Morgan fingerprint density at radius 3 is 2.50 bits per heavy atom. The van der Waals surface area contributed by atoms with Crippen LogP contribution in [-0.2, 0) is 0 Å². The molecule has 0 amide bonds. The highest BCUT2D eigenvalue weighted by molar-refractivity contribution is 9.10. The summed E-state index contributed by atoms with van der Waals surface area (Å²) in [7, 11) is 0. The number of fused-ring (bicyclic) bond motifs is 1. The molecule has 0 saturated carbocycles. The lowest BCUT2D eigenvalue weighted by Gasteiger charge is -2.09. The molecule has 0 unspecified atom stereocenters. The van der Waals surface area contributed by atoms with E-state index in [2.05, 4.69) is 79.7 Å². The first-order valence-electron chi connectivity index (χ1n) is 8.33. The number of nitrogens with one attached hydrogen (secondary N) is 1. The molecular formula is C20H17BrN4S. The number of pyridine rings is 1. The summed E-state index contributed by atoms with van der Waals surface area (Å²) in [5, 5.41) is 6.49. The zero-order valence-electron chi connectivity index (χ0n) is 14.4. The lowest BCUT2D eigenvalue weighted by atomic mass is 9.99. The summed E-state index contributed by atoms with van der Waals surface area (Å²) in [4.78, 5) is 14.2. The SMILES string of the molecule is CC(C)c1ccc(-c2csc3ncnc(Nc4ccc(Br)cn4)c23)cc1. The second-order valence-electron chi connectivity index (χ2n) is 6.32. The van der Waals surface area contributed by atoms with Gasteiger partial charge in [0, 0.05) is 21.6 Å². The van der Waals surface area contributed by atoms with Gasteiger partial charge in [-0.15, -0.1) is 11.3 Å². The van der Waals surface area contributed by atoms with Gasteiger partial charge >= 0.3 is 0 Å². The fraction of sp³-hybridized carbons (Fsp3) is 0.150. The van der Waals surface area contributed by atoms with Gasteiger partial charge in [0.25, 0.3) is 0 Å². The average molecular weight is 425 g/mol. The molecule has 0 atom stereocenters. The Balaban J connectivity index is 1.77. The topological polar surface area (TPSA) is 50.7 Å². The van der Waals surface area contributed by atoms with Gasteiger partial charge in [0.2, 0.25) is 0 Å². The Labute approximate surface area is 164 Å². The molecule has 0 aliphatic heterocycles. The Morgan fingerprint density at radius 1 is 1.00 bits per heavy atom. The van der Waals surface area contributed by atoms with Gasteiger partial charge in [-0.25, -0.2) is 15.0 Å². The number of halogens is 1. The molecule has 0 bridgehead atoms. The van der Waals surface area contributed by atoms with Crippen molar-refractivity contribution < 1.29 is 0 Å². The summed E-state index contributed by atoms with van der Waals surface area (Å²) >= 11 is 5.04. The first kappa shape index (κ1) is 17.1. The van der Waals surface area contributed by atoms with Crippen molar-refractivity contribution >= 4 is 49.1 Å². The number of nitrogens with zero attached hydrogens (tertiary/aromatic N) is 3. The van der Waals surface area contributed by atoms with Crippen LogP contribution < -0.4 is 5.32 Å². The lowest BCUT2D eigenvalue weighted by Crippen LogP contribution is -1.97. The molecule has 0 aliphatic carbocycles. The van der Waals surface area contributed by atoms with Crippen LogP contribution in [0.3, 0.4) is 0 Å². The predicted octanol–water partition coefficient (Wildman–Crippen LogP) is 6.38. The second kappa shape index (κ2) is 7.13. The van der Waals surface area contributed by atoms with Crippen molar-refractivity contribution in [3.05, 3.63) is 64.3 Å². The zero-order valence-corrected chi connectivity index (χ0v) is 16.8. The molecule has 4 rings (SSSR count).